The van der Waals surface area contributed by atoms with Gasteiger partial charge in [-0.3, -0.25) is 0 Å². The van der Waals surface area contributed by atoms with Crippen molar-refractivity contribution in [1.29, 1.82) is 0 Å². The first-order chi connectivity index (χ1) is 16.2. The molecule has 5 heteroatoms. The zero-order chi connectivity index (χ0) is 23.0. The molecule has 3 aromatic rings. The summed E-state index contributed by atoms with van der Waals surface area (Å²) < 4.78 is 17.8. The van der Waals surface area contributed by atoms with Gasteiger partial charge in [-0.05, 0) is 72.6 Å². The monoisotopic (exact) mass is 446 g/mol. The highest BCUT2D eigenvalue weighted by molar-refractivity contribution is 5.52. The second-order valence-corrected chi connectivity index (χ2v) is 8.20. The molecule has 0 amide bonds. The zero-order valence-electron chi connectivity index (χ0n) is 19.8. The molecule has 3 aromatic carbocycles. The molecule has 1 atom stereocenters. The van der Waals surface area contributed by atoms with Gasteiger partial charge in [0, 0.05) is 13.1 Å². The molecule has 1 aliphatic rings. The molecule has 1 aliphatic heterocycles. The fourth-order valence-corrected chi connectivity index (χ4v) is 4.31. The summed E-state index contributed by atoms with van der Waals surface area (Å²) in [6.07, 6.45) is 0.969. The Bertz CT molecular complexity index is 1020. The fourth-order valence-electron chi connectivity index (χ4n) is 4.31. The standard InChI is InChI=1S/C28H34N2O3/c1-4-30(5-2)17-18-32-27-20-25-22(19-26(27)31-3)15-16-29-28(25)21-11-13-24(14-12-21)33-23-9-7-6-8-10-23/h6-14,19-20,28-29H,4-5,15-18H2,1-3H3. The Hall–Kier alpha value is -3.02. The molecule has 0 radical (unpaired) electrons. The minimum atomic E-state index is 0.107. The van der Waals surface area contributed by atoms with Crippen molar-refractivity contribution >= 4 is 0 Å². The Morgan fingerprint density at radius 3 is 2.33 bits per heavy atom. The summed E-state index contributed by atoms with van der Waals surface area (Å²) in [5, 5.41) is 3.67. The number of nitrogens with zero attached hydrogens (tertiary/aromatic N) is 1. The molecule has 0 saturated carbocycles. The maximum absolute atomic E-state index is 6.18. The van der Waals surface area contributed by atoms with Crippen LogP contribution in [-0.2, 0) is 6.42 Å². The molecule has 0 bridgehead atoms. The fraction of sp³-hybridized carbons (Fsp3) is 0.357. The summed E-state index contributed by atoms with van der Waals surface area (Å²) in [5.74, 6) is 3.28. The molecule has 33 heavy (non-hydrogen) atoms. The average Bonchev–Trinajstić information content (AvgIpc) is 2.87. The van der Waals surface area contributed by atoms with Crippen LogP contribution in [0.5, 0.6) is 23.0 Å². The summed E-state index contributed by atoms with van der Waals surface area (Å²) in [7, 11) is 1.71. The van der Waals surface area contributed by atoms with Gasteiger partial charge in [-0.2, -0.15) is 0 Å². The van der Waals surface area contributed by atoms with Crippen molar-refractivity contribution in [3.63, 3.8) is 0 Å². The SMILES string of the molecule is CCN(CC)CCOc1cc2c(cc1OC)CCNC2c1ccc(Oc2ccccc2)cc1. The van der Waals surface area contributed by atoms with Crippen LogP contribution in [0.4, 0.5) is 0 Å². The van der Waals surface area contributed by atoms with E-state index in [4.69, 9.17) is 14.2 Å². The Labute approximate surface area is 197 Å². The minimum absolute atomic E-state index is 0.107. The van der Waals surface area contributed by atoms with E-state index in [1.165, 1.54) is 16.7 Å². The van der Waals surface area contributed by atoms with Crippen molar-refractivity contribution in [3.8, 4) is 23.0 Å². The van der Waals surface area contributed by atoms with E-state index in [1.54, 1.807) is 7.11 Å². The van der Waals surface area contributed by atoms with Crippen LogP contribution in [0, 0.1) is 0 Å². The lowest BCUT2D eigenvalue weighted by molar-refractivity contribution is 0.217. The van der Waals surface area contributed by atoms with Crippen molar-refractivity contribution in [3.05, 3.63) is 83.4 Å². The Balaban J connectivity index is 1.53. The minimum Gasteiger partial charge on any atom is -0.493 e. The number of hydrogen-bond acceptors (Lipinski definition) is 5. The van der Waals surface area contributed by atoms with E-state index in [1.807, 2.05) is 42.5 Å². The van der Waals surface area contributed by atoms with E-state index in [0.29, 0.717) is 6.61 Å². The number of hydrogen-bond donors (Lipinski definition) is 1. The lowest BCUT2D eigenvalue weighted by Crippen LogP contribution is -2.31. The van der Waals surface area contributed by atoms with Gasteiger partial charge in [-0.1, -0.05) is 44.2 Å². The predicted molar refractivity (Wildman–Crippen MR) is 133 cm³/mol. The number of fused-ring (bicyclic) bond motifs is 1. The zero-order valence-corrected chi connectivity index (χ0v) is 19.8. The molecule has 5 nitrogen and oxygen atoms in total. The van der Waals surface area contributed by atoms with E-state index in [9.17, 15) is 0 Å². The van der Waals surface area contributed by atoms with Crippen LogP contribution in [0.1, 0.15) is 36.6 Å². The van der Waals surface area contributed by atoms with Gasteiger partial charge in [0.15, 0.2) is 11.5 Å². The lowest BCUT2D eigenvalue weighted by atomic mass is 9.89. The highest BCUT2D eigenvalue weighted by atomic mass is 16.5. The molecule has 0 aliphatic carbocycles. The van der Waals surface area contributed by atoms with Crippen molar-refractivity contribution in [2.24, 2.45) is 0 Å². The molecule has 1 N–H and O–H groups in total. The maximum Gasteiger partial charge on any atom is 0.161 e. The van der Waals surface area contributed by atoms with Crippen molar-refractivity contribution in [1.82, 2.24) is 10.2 Å². The average molecular weight is 447 g/mol. The van der Waals surface area contributed by atoms with Crippen molar-refractivity contribution in [2.75, 3.05) is 39.9 Å². The molecular formula is C28H34N2O3. The van der Waals surface area contributed by atoms with Crippen LogP contribution in [0.15, 0.2) is 66.7 Å². The quantitative estimate of drug-likeness (QED) is 0.449. The number of ether oxygens (including phenoxy) is 3. The van der Waals surface area contributed by atoms with Gasteiger partial charge in [0.05, 0.1) is 13.2 Å². The number of nitrogens with one attached hydrogen (secondary N) is 1. The molecule has 4 rings (SSSR count). The summed E-state index contributed by atoms with van der Waals surface area (Å²) >= 11 is 0. The molecule has 0 spiro atoms. The Morgan fingerprint density at radius 1 is 0.909 bits per heavy atom. The largest absolute Gasteiger partial charge is 0.493 e. The van der Waals surface area contributed by atoms with Gasteiger partial charge in [0.1, 0.15) is 18.1 Å². The van der Waals surface area contributed by atoms with Crippen molar-refractivity contribution in [2.45, 2.75) is 26.3 Å². The van der Waals surface area contributed by atoms with Crippen molar-refractivity contribution < 1.29 is 14.2 Å². The topological polar surface area (TPSA) is 43.0 Å². The number of methoxy groups -OCH3 is 1. The van der Waals surface area contributed by atoms with Gasteiger partial charge in [0.2, 0.25) is 0 Å². The third-order valence-corrected chi connectivity index (χ3v) is 6.23. The Morgan fingerprint density at radius 2 is 1.64 bits per heavy atom. The second kappa shape index (κ2) is 11.2. The number of rotatable bonds is 10. The van der Waals surface area contributed by atoms with E-state index < -0.39 is 0 Å². The van der Waals surface area contributed by atoms with Gasteiger partial charge in [-0.15, -0.1) is 0 Å². The van der Waals surface area contributed by atoms with E-state index in [0.717, 1.165) is 55.6 Å². The van der Waals surface area contributed by atoms with Gasteiger partial charge < -0.3 is 24.4 Å². The van der Waals surface area contributed by atoms with Crippen LogP contribution >= 0.6 is 0 Å². The van der Waals surface area contributed by atoms with E-state index >= 15 is 0 Å². The van der Waals surface area contributed by atoms with Crippen LogP contribution < -0.4 is 19.5 Å². The molecule has 174 valence electrons. The number of benzene rings is 3. The van der Waals surface area contributed by atoms with E-state index in [2.05, 4.69) is 48.3 Å². The van der Waals surface area contributed by atoms with Gasteiger partial charge in [-0.25, -0.2) is 0 Å². The third kappa shape index (κ3) is 5.67. The highest BCUT2D eigenvalue weighted by Gasteiger charge is 2.24. The lowest BCUT2D eigenvalue weighted by Gasteiger charge is -2.29. The van der Waals surface area contributed by atoms with Gasteiger partial charge in [0.25, 0.3) is 0 Å². The van der Waals surface area contributed by atoms with Crippen LogP contribution in [0.25, 0.3) is 0 Å². The van der Waals surface area contributed by atoms with Crippen LogP contribution in [0.3, 0.4) is 0 Å². The highest BCUT2D eigenvalue weighted by Crippen LogP contribution is 2.38. The first kappa shape index (κ1) is 23.1. The molecular weight excluding hydrogens is 412 g/mol. The summed E-state index contributed by atoms with van der Waals surface area (Å²) in [6, 6.07) is 22.6. The number of likely N-dealkylation sites (N-methyl/N-ethyl adjacent to an activating group) is 1. The van der Waals surface area contributed by atoms with Crippen LogP contribution in [-0.4, -0.2) is 44.8 Å². The smallest absolute Gasteiger partial charge is 0.161 e. The number of para-hydroxylation sites is 1. The van der Waals surface area contributed by atoms with E-state index in [-0.39, 0.29) is 6.04 Å². The second-order valence-electron chi connectivity index (χ2n) is 8.20. The molecule has 0 fully saturated rings. The molecule has 0 aromatic heterocycles. The maximum atomic E-state index is 6.18. The van der Waals surface area contributed by atoms with Gasteiger partial charge >= 0.3 is 0 Å². The molecule has 1 unspecified atom stereocenters. The van der Waals surface area contributed by atoms with Crippen LogP contribution in [0.2, 0.25) is 0 Å². The molecule has 1 heterocycles. The first-order valence-electron chi connectivity index (χ1n) is 11.8. The normalized spacial score (nSPS) is 15.2. The summed E-state index contributed by atoms with van der Waals surface area (Å²) in [6.45, 7) is 8.86. The predicted octanol–water partition coefficient (Wildman–Crippen LogP) is 5.44. The summed E-state index contributed by atoms with van der Waals surface area (Å²) in [4.78, 5) is 2.36. The summed E-state index contributed by atoms with van der Waals surface area (Å²) in [5.41, 5.74) is 3.75. The third-order valence-electron chi connectivity index (χ3n) is 6.23. The first-order valence-corrected chi connectivity index (χ1v) is 11.8. The molecule has 0 saturated heterocycles. The Kier molecular flexibility index (Phi) is 7.87.